The van der Waals surface area contributed by atoms with E-state index in [9.17, 15) is 9.65 Å². The highest BCUT2D eigenvalue weighted by Crippen LogP contribution is 2.30. The maximum Gasteiger partial charge on any atom is 0.170 e. The molecule has 0 radical (unpaired) electrons. The number of rotatable bonds is 1. The van der Waals surface area contributed by atoms with E-state index in [1.807, 2.05) is 20.8 Å². The molecule has 1 atom stereocenters. The van der Waals surface area contributed by atoms with Crippen LogP contribution in [0.2, 0.25) is 0 Å². The Kier molecular flexibility index (Phi) is 4.41. The average molecular weight is 357 g/mol. The van der Waals surface area contributed by atoms with Crippen LogP contribution in [-0.2, 0) is 12.0 Å². The second-order valence-electron chi connectivity index (χ2n) is 7.41. The van der Waals surface area contributed by atoms with Gasteiger partial charge < -0.3 is 4.57 Å². The highest BCUT2D eigenvalue weighted by Gasteiger charge is 2.24. The van der Waals surface area contributed by atoms with Crippen molar-refractivity contribution in [3.05, 3.63) is 34.8 Å². The Bertz CT molecular complexity index is 936. The molecule has 1 N–H and O–H groups in total. The molecule has 1 aliphatic rings. The van der Waals surface area contributed by atoms with Gasteiger partial charge in [0.2, 0.25) is 0 Å². The van der Waals surface area contributed by atoms with Crippen LogP contribution in [0.25, 0.3) is 11.3 Å². The zero-order valence-electron chi connectivity index (χ0n) is 14.7. The van der Waals surface area contributed by atoms with E-state index in [0.29, 0.717) is 34.6 Å². The van der Waals surface area contributed by atoms with Gasteiger partial charge in [-0.25, -0.2) is 9.37 Å². The topological polar surface area (TPSA) is 78.3 Å². The highest BCUT2D eigenvalue weighted by atomic mass is 32.2. The minimum absolute atomic E-state index is 0.127. The van der Waals surface area contributed by atoms with E-state index in [2.05, 4.69) is 23.0 Å². The number of hydrogen-bond donors (Lipinski definition) is 1. The standard InChI is InChI=1S/C18H20FN5S/c1-10-8-24-16(21)12(6-20)14(23-17(24)25-9-10)11-5-13(19)15(22-7-11)18(2,3)4/h5,7,10,21H,8-9H2,1-4H3/t10-/m1/s1. The Labute approximate surface area is 150 Å². The molecule has 0 saturated carbocycles. The second-order valence-corrected chi connectivity index (χ2v) is 8.40. The molecule has 0 spiro atoms. The van der Waals surface area contributed by atoms with Gasteiger partial charge in [-0.3, -0.25) is 10.4 Å². The first kappa shape index (κ1) is 17.6. The number of hydrogen-bond acceptors (Lipinski definition) is 5. The molecule has 2 aromatic heterocycles. The summed E-state index contributed by atoms with van der Waals surface area (Å²) in [5.74, 6) is 0.901. The second kappa shape index (κ2) is 6.26. The van der Waals surface area contributed by atoms with Crippen LogP contribution < -0.4 is 5.49 Å². The van der Waals surface area contributed by atoms with Crippen molar-refractivity contribution in [3.8, 4) is 17.3 Å². The third-order valence-electron chi connectivity index (χ3n) is 4.11. The van der Waals surface area contributed by atoms with Crippen LogP contribution in [0, 0.1) is 28.5 Å². The van der Waals surface area contributed by atoms with Crippen LogP contribution in [0.15, 0.2) is 17.4 Å². The number of fused-ring (bicyclic) bond motifs is 1. The number of nitriles is 1. The van der Waals surface area contributed by atoms with Gasteiger partial charge in [0.15, 0.2) is 5.16 Å². The van der Waals surface area contributed by atoms with Crippen molar-refractivity contribution in [2.75, 3.05) is 5.75 Å². The highest BCUT2D eigenvalue weighted by molar-refractivity contribution is 7.99. The van der Waals surface area contributed by atoms with Crippen molar-refractivity contribution < 1.29 is 4.39 Å². The van der Waals surface area contributed by atoms with E-state index >= 15 is 0 Å². The van der Waals surface area contributed by atoms with Gasteiger partial charge in [0.05, 0.1) is 11.4 Å². The van der Waals surface area contributed by atoms with Crippen LogP contribution in [0.3, 0.4) is 0 Å². The quantitative estimate of drug-likeness (QED) is 0.793. The van der Waals surface area contributed by atoms with E-state index in [1.54, 1.807) is 22.5 Å². The fourth-order valence-electron chi connectivity index (χ4n) is 2.85. The lowest BCUT2D eigenvalue weighted by atomic mass is 9.90. The van der Waals surface area contributed by atoms with Crippen molar-refractivity contribution in [2.24, 2.45) is 5.92 Å². The first-order valence-electron chi connectivity index (χ1n) is 8.11. The van der Waals surface area contributed by atoms with Gasteiger partial charge in [-0.05, 0) is 12.0 Å². The molecule has 0 fully saturated rings. The molecule has 2 aromatic rings. The molecule has 25 heavy (non-hydrogen) atoms. The number of aromatic nitrogens is 3. The summed E-state index contributed by atoms with van der Waals surface area (Å²) in [6.45, 7) is 8.45. The third kappa shape index (κ3) is 3.19. The molecular weight excluding hydrogens is 337 g/mol. The van der Waals surface area contributed by atoms with Crippen LogP contribution >= 0.6 is 11.8 Å². The van der Waals surface area contributed by atoms with E-state index in [4.69, 9.17) is 5.41 Å². The normalized spacial score (nSPS) is 17.0. The fourth-order valence-corrected chi connectivity index (χ4v) is 3.87. The summed E-state index contributed by atoms with van der Waals surface area (Å²) in [5.41, 5.74) is 0.999. The van der Waals surface area contributed by atoms with Crippen LogP contribution in [0.4, 0.5) is 4.39 Å². The Balaban J connectivity index is 2.19. The van der Waals surface area contributed by atoms with E-state index < -0.39 is 11.2 Å². The van der Waals surface area contributed by atoms with Gasteiger partial charge in [-0.2, -0.15) is 5.26 Å². The Morgan fingerprint density at radius 1 is 1.44 bits per heavy atom. The lowest BCUT2D eigenvalue weighted by Gasteiger charge is -2.24. The molecule has 0 saturated heterocycles. The molecule has 0 unspecified atom stereocenters. The van der Waals surface area contributed by atoms with E-state index in [0.717, 1.165) is 5.75 Å². The predicted octanol–water partition coefficient (Wildman–Crippen LogP) is 3.47. The molecule has 3 rings (SSSR count). The summed E-state index contributed by atoms with van der Waals surface area (Å²) in [6, 6.07) is 3.43. The minimum Gasteiger partial charge on any atom is -0.304 e. The molecular formula is C18H20FN5S. The van der Waals surface area contributed by atoms with Gasteiger partial charge in [-0.1, -0.05) is 39.5 Å². The molecule has 3 heterocycles. The van der Waals surface area contributed by atoms with E-state index in [1.165, 1.54) is 6.07 Å². The monoisotopic (exact) mass is 357 g/mol. The molecule has 0 amide bonds. The summed E-state index contributed by atoms with van der Waals surface area (Å²) in [6.07, 6.45) is 1.54. The fraction of sp³-hybridized carbons (Fsp3) is 0.444. The van der Waals surface area contributed by atoms with Gasteiger partial charge in [0, 0.05) is 29.5 Å². The molecule has 5 nitrogen and oxygen atoms in total. The smallest absolute Gasteiger partial charge is 0.170 e. The Morgan fingerprint density at radius 3 is 2.76 bits per heavy atom. The Morgan fingerprint density at radius 2 is 2.16 bits per heavy atom. The summed E-state index contributed by atoms with van der Waals surface area (Å²) >= 11 is 1.56. The first-order valence-corrected chi connectivity index (χ1v) is 9.09. The van der Waals surface area contributed by atoms with Crippen LogP contribution in [0.1, 0.15) is 39.0 Å². The lowest BCUT2D eigenvalue weighted by Crippen LogP contribution is -2.32. The van der Waals surface area contributed by atoms with Crippen molar-refractivity contribution in [3.63, 3.8) is 0 Å². The van der Waals surface area contributed by atoms with Gasteiger partial charge >= 0.3 is 0 Å². The first-order chi connectivity index (χ1) is 11.7. The van der Waals surface area contributed by atoms with Crippen LogP contribution in [0.5, 0.6) is 0 Å². The number of nitrogens with zero attached hydrogens (tertiary/aromatic N) is 4. The number of pyridine rings is 1. The molecule has 1 aliphatic heterocycles. The van der Waals surface area contributed by atoms with Crippen molar-refractivity contribution in [2.45, 2.75) is 44.8 Å². The average Bonchev–Trinajstić information content (AvgIpc) is 2.54. The van der Waals surface area contributed by atoms with Crippen molar-refractivity contribution >= 4 is 11.8 Å². The molecule has 0 aromatic carbocycles. The summed E-state index contributed by atoms with van der Waals surface area (Å²) in [5, 5.41) is 18.6. The summed E-state index contributed by atoms with van der Waals surface area (Å²) in [4.78, 5) is 8.82. The largest absolute Gasteiger partial charge is 0.304 e. The maximum atomic E-state index is 14.5. The third-order valence-corrected chi connectivity index (χ3v) is 5.42. The molecule has 130 valence electrons. The van der Waals surface area contributed by atoms with Crippen molar-refractivity contribution in [1.29, 1.82) is 10.7 Å². The van der Waals surface area contributed by atoms with Crippen molar-refractivity contribution in [1.82, 2.24) is 14.5 Å². The van der Waals surface area contributed by atoms with Gasteiger partial charge in [-0.15, -0.1) is 0 Å². The summed E-state index contributed by atoms with van der Waals surface area (Å²) < 4.78 is 16.3. The van der Waals surface area contributed by atoms with E-state index in [-0.39, 0.29) is 11.1 Å². The summed E-state index contributed by atoms with van der Waals surface area (Å²) in [7, 11) is 0. The minimum atomic E-state index is -0.422. The number of thioether (sulfide) groups is 1. The number of nitrogens with one attached hydrogen (secondary N) is 1. The Hall–Kier alpha value is -2.20. The van der Waals surface area contributed by atoms with Gasteiger partial charge in [0.1, 0.15) is 22.9 Å². The molecule has 0 bridgehead atoms. The zero-order valence-corrected chi connectivity index (χ0v) is 15.5. The SMILES string of the molecule is C[C@H]1CSc2nc(-c3cnc(C(C)(C)C)c(F)c3)c(C#N)c(=N)n2C1. The zero-order chi connectivity index (χ0) is 18.4. The number of halogens is 1. The lowest BCUT2D eigenvalue weighted by molar-refractivity contribution is 0.452. The predicted molar refractivity (Wildman–Crippen MR) is 94.6 cm³/mol. The molecule has 7 heteroatoms. The van der Waals surface area contributed by atoms with Crippen LogP contribution in [-0.4, -0.2) is 20.3 Å². The van der Waals surface area contributed by atoms with Gasteiger partial charge in [0.25, 0.3) is 0 Å². The maximum absolute atomic E-state index is 14.5. The molecule has 0 aliphatic carbocycles.